The van der Waals surface area contributed by atoms with Crippen molar-refractivity contribution in [2.75, 3.05) is 32.7 Å². The maximum absolute atomic E-state index is 12.7. The molecule has 1 aliphatic heterocycles. The molecule has 7 nitrogen and oxygen atoms in total. The molecule has 0 saturated carbocycles. The molecule has 1 aliphatic rings. The maximum Gasteiger partial charge on any atom is 0.254 e. The van der Waals surface area contributed by atoms with Crippen LogP contribution in [-0.4, -0.2) is 62.5 Å². The fourth-order valence-corrected chi connectivity index (χ4v) is 4.99. The van der Waals surface area contributed by atoms with E-state index in [9.17, 15) is 13.2 Å². The predicted molar refractivity (Wildman–Crippen MR) is 119 cm³/mol. The van der Waals surface area contributed by atoms with Crippen LogP contribution in [0.3, 0.4) is 0 Å². The van der Waals surface area contributed by atoms with E-state index in [1.165, 1.54) is 4.31 Å². The van der Waals surface area contributed by atoms with Gasteiger partial charge in [0.2, 0.25) is 10.0 Å². The van der Waals surface area contributed by atoms with Crippen LogP contribution in [0.1, 0.15) is 5.56 Å². The van der Waals surface area contributed by atoms with Gasteiger partial charge in [-0.2, -0.15) is 9.41 Å². The van der Waals surface area contributed by atoms with Crippen molar-refractivity contribution in [1.29, 1.82) is 0 Å². The Morgan fingerprint density at radius 1 is 1.03 bits per heavy atom. The fraction of sp³-hybridized carbons (Fsp3) is 0.263. The van der Waals surface area contributed by atoms with Gasteiger partial charge in [0.15, 0.2) is 0 Å². The number of benzene rings is 2. The Balaban J connectivity index is 1.48. The minimum atomic E-state index is -3.52. The van der Waals surface area contributed by atoms with Crippen molar-refractivity contribution in [3.63, 3.8) is 0 Å². The average molecular weight is 544 g/mol. The van der Waals surface area contributed by atoms with Crippen LogP contribution in [0.5, 0.6) is 0 Å². The molecule has 0 aromatic heterocycles. The number of sulfonamides is 1. The number of hydrogen-bond donors (Lipinski definition) is 1. The molecule has 1 N–H and O–H groups in total. The first-order valence-corrected chi connectivity index (χ1v) is 11.9. The third kappa shape index (κ3) is 6.19. The molecular formula is C19H20Br2N4O3S. The zero-order valence-corrected chi connectivity index (χ0v) is 19.5. The van der Waals surface area contributed by atoms with E-state index in [1.54, 1.807) is 30.5 Å². The van der Waals surface area contributed by atoms with Gasteiger partial charge in [0.1, 0.15) is 0 Å². The fourth-order valence-electron chi connectivity index (χ4n) is 2.89. The number of carbonyl (C=O) groups excluding carboxylic acids is 1. The highest BCUT2D eigenvalue weighted by Gasteiger charge is 2.28. The van der Waals surface area contributed by atoms with Crippen LogP contribution in [0.15, 0.2) is 67.5 Å². The predicted octanol–water partition coefficient (Wildman–Crippen LogP) is 2.67. The first kappa shape index (κ1) is 22.1. The molecule has 2 aromatic carbocycles. The summed E-state index contributed by atoms with van der Waals surface area (Å²) in [5.74, 6) is -0.236. The van der Waals surface area contributed by atoms with Crippen LogP contribution in [-0.2, 0) is 14.8 Å². The number of halogens is 2. The molecule has 1 amide bonds. The summed E-state index contributed by atoms with van der Waals surface area (Å²) in [7, 11) is -3.52. The van der Waals surface area contributed by atoms with E-state index < -0.39 is 10.0 Å². The maximum atomic E-state index is 12.7. The Hall–Kier alpha value is -1.59. The zero-order valence-electron chi connectivity index (χ0n) is 15.5. The van der Waals surface area contributed by atoms with Gasteiger partial charge in [0.05, 0.1) is 17.7 Å². The molecule has 0 aliphatic carbocycles. The van der Waals surface area contributed by atoms with Crippen LogP contribution >= 0.6 is 31.9 Å². The van der Waals surface area contributed by atoms with Gasteiger partial charge in [0.25, 0.3) is 5.91 Å². The van der Waals surface area contributed by atoms with E-state index in [4.69, 9.17) is 0 Å². The molecule has 1 heterocycles. The second-order valence-corrected chi connectivity index (χ2v) is 10.3. The van der Waals surface area contributed by atoms with E-state index in [1.807, 2.05) is 29.2 Å². The first-order valence-electron chi connectivity index (χ1n) is 8.90. The smallest absolute Gasteiger partial charge is 0.254 e. The molecule has 154 valence electrons. The van der Waals surface area contributed by atoms with Gasteiger partial charge in [-0.15, -0.1) is 0 Å². The molecule has 29 heavy (non-hydrogen) atoms. The molecule has 1 saturated heterocycles. The van der Waals surface area contributed by atoms with E-state index in [0.29, 0.717) is 26.2 Å². The van der Waals surface area contributed by atoms with Crippen molar-refractivity contribution in [3.8, 4) is 0 Å². The lowest BCUT2D eigenvalue weighted by atomic mass is 10.2. The van der Waals surface area contributed by atoms with Crippen molar-refractivity contribution >= 4 is 54.0 Å². The topological polar surface area (TPSA) is 82.1 Å². The summed E-state index contributed by atoms with van der Waals surface area (Å²) in [6.45, 7) is 1.82. The summed E-state index contributed by atoms with van der Waals surface area (Å²) in [4.78, 5) is 14.3. The number of amides is 1. The summed E-state index contributed by atoms with van der Waals surface area (Å²) < 4.78 is 28.7. The normalized spacial score (nSPS) is 16.2. The van der Waals surface area contributed by atoms with Gasteiger partial charge in [-0.3, -0.25) is 9.69 Å². The van der Waals surface area contributed by atoms with E-state index in [-0.39, 0.29) is 17.3 Å². The molecule has 10 heteroatoms. The van der Waals surface area contributed by atoms with Gasteiger partial charge < -0.3 is 0 Å². The number of hydrogen-bond acceptors (Lipinski definition) is 5. The van der Waals surface area contributed by atoms with E-state index in [2.05, 4.69) is 42.4 Å². The largest absolute Gasteiger partial charge is 0.292 e. The molecular weight excluding hydrogens is 524 g/mol. The number of piperazine rings is 1. The quantitative estimate of drug-likeness (QED) is 0.448. The highest BCUT2D eigenvalue weighted by Crippen LogP contribution is 2.20. The summed E-state index contributed by atoms with van der Waals surface area (Å²) in [6.07, 6.45) is 1.57. The molecule has 1 fully saturated rings. The second kappa shape index (κ2) is 9.94. The van der Waals surface area contributed by atoms with Gasteiger partial charge in [-0.05, 0) is 42.0 Å². The van der Waals surface area contributed by atoms with Crippen molar-refractivity contribution in [1.82, 2.24) is 14.6 Å². The van der Waals surface area contributed by atoms with Crippen LogP contribution in [0.4, 0.5) is 0 Å². The van der Waals surface area contributed by atoms with Gasteiger partial charge in [0, 0.05) is 35.1 Å². The molecule has 0 unspecified atom stereocenters. The summed E-state index contributed by atoms with van der Waals surface area (Å²) in [6, 6.07) is 14.2. The van der Waals surface area contributed by atoms with Crippen molar-refractivity contribution in [3.05, 3.63) is 63.0 Å². The number of rotatable bonds is 6. The van der Waals surface area contributed by atoms with Crippen molar-refractivity contribution < 1.29 is 13.2 Å². The highest BCUT2D eigenvalue weighted by molar-refractivity contribution is 9.10. The third-order valence-electron chi connectivity index (χ3n) is 4.40. The number of carbonyl (C=O) groups is 1. The Bertz CT molecular complexity index is 989. The summed E-state index contributed by atoms with van der Waals surface area (Å²) in [5.41, 5.74) is 3.37. The van der Waals surface area contributed by atoms with Crippen molar-refractivity contribution in [2.45, 2.75) is 4.90 Å². The standard InChI is InChI=1S/C19H20Br2N4O3S/c20-16-4-6-18(7-5-16)29(27,28)25-10-8-24(9-11-25)14-19(26)23-22-13-15-2-1-3-17(21)12-15/h1-7,12-13H,8-11,14H2,(H,23,26). The lowest BCUT2D eigenvalue weighted by Crippen LogP contribution is -2.50. The summed E-state index contributed by atoms with van der Waals surface area (Å²) >= 11 is 6.69. The summed E-state index contributed by atoms with van der Waals surface area (Å²) in [5, 5.41) is 3.97. The van der Waals surface area contributed by atoms with Gasteiger partial charge in [-0.1, -0.05) is 44.0 Å². The lowest BCUT2D eigenvalue weighted by Gasteiger charge is -2.33. The molecule has 0 bridgehead atoms. The molecule has 3 rings (SSSR count). The van der Waals surface area contributed by atoms with Crippen LogP contribution in [0.2, 0.25) is 0 Å². The number of hydrazone groups is 1. The van der Waals surface area contributed by atoms with Crippen LogP contribution in [0.25, 0.3) is 0 Å². The molecule has 0 spiro atoms. The number of nitrogens with one attached hydrogen (secondary N) is 1. The van der Waals surface area contributed by atoms with Crippen LogP contribution in [0, 0.1) is 0 Å². The SMILES string of the molecule is O=C(CN1CCN(S(=O)(=O)c2ccc(Br)cc2)CC1)NN=Cc1cccc(Br)c1. The Labute approximate surface area is 187 Å². The lowest BCUT2D eigenvalue weighted by molar-refractivity contribution is -0.122. The zero-order chi connectivity index (χ0) is 20.9. The van der Waals surface area contributed by atoms with Gasteiger partial charge >= 0.3 is 0 Å². The Morgan fingerprint density at radius 2 is 1.72 bits per heavy atom. The van der Waals surface area contributed by atoms with Crippen LogP contribution < -0.4 is 5.43 Å². The van der Waals surface area contributed by atoms with Crippen molar-refractivity contribution in [2.24, 2.45) is 5.10 Å². The molecule has 2 aromatic rings. The second-order valence-electron chi connectivity index (χ2n) is 6.48. The first-order chi connectivity index (χ1) is 13.8. The monoisotopic (exact) mass is 542 g/mol. The Kier molecular flexibility index (Phi) is 7.58. The number of nitrogens with zero attached hydrogens (tertiary/aromatic N) is 3. The highest BCUT2D eigenvalue weighted by atomic mass is 79.9. The van der Waals surface area contributed by atoms with E-state index >= 15 is 0 Å². The third-order valence-corrected chi connectivity index (χ3v) is 7.34. The minimum Gasteiger partial charge on any atom is -0.292 e. The molecule has 0 radical (unpaired) electrons. The molecule has 0 atom stereocenters. The minimum absolute atomic E-state index is 0.169. The van der Waals surface area contributed by atoms with Gasteiger partial charge in [-0.25, -0.2) is 13.8 Å². The van der Waals surface area contributed by atoms with E-state index in [0.717, 1.165) is 14.5 Å². The average Bonchev–Trinajstić information content (AvgIpc) is 2.69. The Morgan fingerprint density at radius 3 is 2.38 bits per heavy atom.